The van der Waals surface area contributed by atoms with Crippen LogP contribution in [0.25, 0.3) is 11.6 Å². The summed E-state index contributed by atoms with van der Waals surface area (Å²) in [7, 11) is 0. The molecule has 0 radical (unpaired) electrons. The van der Waals surface area contributed by atoms with Gasteiger partial charge in [-0.2, -0.15) is 5.26 Å². The van der Waals surface area contributed by atoms with Crippen LogP contribution in [0.5, 0.6) is 11.5 Å². The summed E-state index contributed by atoms with van der Waals surface area (Å²) in [6, 6.07) is 10.9. The minimum atomic E-state index is -1.15. The predicted octanol–water partition coefficient (Wildman–Crippen LogP) is 4.41. The highest BCUT2D eigenvalue weighted by atomic mass is 35.5. The number of nitriles is 1. The van der Waals surface area contributed by atoms with Crippen LogP contribution in [0.2, 0.25) is 5.02 Å². The molecule has 0 aliphatic heterocycles. The molecule has 0 amide bonds. The van der Waals surface area contributed by atoms with E-state index in [4.69, 9.17) is 26.2 Å². The zero-order valence-electron chi connectivity index (χ0n) is 13.8. The Hall–Kier alpha value is -3.04. The van der Waals surface area contributed by atoms with E-state index >= 15 is 0 Å². The largest absolute Gasteiger partial charge is 0.490 e. The minimum absolute atomic E-state index is 0.0949. The lowest BCUT2D eigenvalue weighted by Crippen LogP contribution is -2.10. The molecule has 1 N–H and O–H groups in total. The molecule has 2 rings (SSSR count). The molecule has 2 aromatic carbocycles. The van der Waals surface area contributed by atoms with E-state index in [1.165, 1.54) is 30.3 Å². The number of hydrogen-bond donors (Lipinski definition) is 1. The number of allylic oxidation sites excluding steroid dienone is 1. The van der Waals surface area contributed by atoms with Gasteiger partial charge in [-0.25, -0.2) is 9.18 Å². The SMILES string of the molecule is CCOc1cc(/C=C(/C#N)c2ccccc2F)cc(Cl)c1OCC(=O)O. The maximum absolute atomic E-state index is 13.9. The van der Waals surface area contributed by atoms with E-state index in [1.807, 2.05) is 6.07 Å². The highest BCUT2D eigenvalue weighted by Gasteiger charge is 2.15. The first kappa shape index (κ1) is 19.3. The number of rotatable bonds is 7. The number of carbonyl (C=O) groups is 1. The van der Waals surface area contributed by atoms with Crippen LogP contribution in [-0.4, -0.2) is 24.3 Å². The molecular formula is C19H15ClFNO4. The van der Waals surface area contributed by atoms with Crippen molar-refractivity contribution in [3.63, 3.8) is 0 Å². The standard InChI is InChI=1S/C19H15ClFNO4/c1-2-25-17-9-12(8-15(20)19(17)26-11-18(23)24)7-13(10-22)14-5-3-4-6-16(14)21/h3-9H,2,11H2,1H3,(H,23,24)/b13-7-. The summed E-state index contributed by atoms with van der Waals surface area (Å²) in [5.74, 6) is -1.34. The highest BCUT2D eigenvalue weighted by molar-refractivity contribution is 6.32. The molecule has 0 aliphatic carbocycles. The molecule has 134 valence electrons. The number of aliphatic carboxylic acids is 1. The van der Waals surface area contributed by atoms with Crippen LogP contribution in [0.1, 0.15) is 18.1 Å². The smallest absolute Gasteiger partial charge is 0.341 e. The number of halogens is 2. The molecule has 0 saturated heterocycles. The summed E-state index contributed by atoms with van der Waals surface area (Å²) in [6.07, 6.45) is 1.47. The van der Waals surface area contributed by atoms with Gasteiger partial charge < -0.3 is 14.6 Å². The van der Waals surface area contributed by atoms with Gasteiger partial charge in [-0.15, -0.1) is 0 Å². The number of benzene rings is 2. The van der Waals surface area contributed by atoms with Crippen LogP contribution >= 0.6 is 11.6 Å². The second-order valence-corrected chi connectivity index (χ2v) is 5.50. The van der Waals surface area contributed by atoms with Crippen molar-refractivity contribution in [2.75, 3.05) is 13.2 Å². The van der Waals surface area contributed by atoms with Gasteiger partial charge in [0.05, 0.1) is 23.3 Å². The fourth-order valence-electron chi connectivity index (χ4n) is 2.22. The van der Waals surface area contributed by atoms with Crippen LogP contribution in [-0.2, 0) is 4.79 Å². The summed E-state index contributed by atoms with van der Waals surface area (Å²) in [5, 5.41) is 18.2. The Bertz CT molecular complexity index is 890. The molecule has 7 heteroatoms. The van der Waals surface area contributed by atoms with Crippen LogP contribution in [0.3, 0.4) is 0 Å². The van der Waals surface area contributed by atoms with Gasteiger partial charge in [0.2, 0.25) is 0 Å². The molecule has 0 heterocycles. The van der Waals surface area contributed by atoms with Crippen molar-refractivity contribution in [2.45, 2.75) is 6.92 Å². The molecule has 0 spiro atoms. The number of ether oxygens (including phenoxy) is 2. The average molecular weight is 376 g/mol. The van der Waals surface area contributed by atoms with Crippen LogP contribution in [0.15, 0.2) is 36.4 Å². The van der Waals surface area contributed by atoms with Crippen molar-refractivity contribution in [1.82, 2.24) is 0 Å². The van der Waals surface area contributed by atoms with E-state index < -0.39 is 18.4 Å². The van der Waals surface area contributed by atoms with Gasteiger partial charge in [0.25, 0.3) is 0 Å². The van der Waals surface area contributed by atoms with E-state index in [1.54, 1.807) is 19.1 Å². The maximum atomic E-state index is 13.9. The van der Waals surface area contributed by atoms with Crippen molar-refractivity contribution < 1.29 is 23.8 Å². The first-order valence-electron chi connectivity index (χ1n) is 7.63. The lowest BCUT2D eigenvalue weighted by molar-refractivity contribution is -0.139. The average Bonchev–Trinajstić information content (AvgIpc) is 2.59. The zero-order chi connectivity index (χ0) is 19.1. The summed E-state index contributed by atoms with van der Waals surface area (Å²) in [6.45, 7) is 1.47. The quantitative estimate of drug-likeness (QED) is 0.573. The van der Waals surface area contributed by atoms with E-state index in [-0.39, 0.29) is 27.7 Å². The lowest BCUT2D eigenvalue weighted by atomic mass is 10.0. The highest BCUT2D eigenvalue weighted by Crippen LogP contribution is 2.37. The second kappa shape index (κ2) is 8.88. The minimum Gasteiger partial charge on any atom is -0.490 e. The monoisotopic (exact) mass is 375 g/mol. The van der Waals surface area contributed by atoms with Crippen LogP contribution in [0.4, 0.5) is 4.39 Å². The normalized spacial score (nSPS) is 10.9. The Morgan fingerprint density at radius 3 is 2.69 bits per heavy atom. The van der Waals surface area contributed by atoms with E-state index in [0.717, 1.165) is 0 Å². The number of carboxylic acid groups (broad SMARTS) is 1. The molecule has 0 saturated carbocycles. The topological polar surface area (TPSA) is 79.5 Å². The van der Waals surface area contributed by atoms with Gasteiger partial charge in [-0.3, -0.25) is 0 Å². The van der Waals surface area contributed by atoms with Crippen molar-refractivity contribution in [3.05, 3.63) is 58.4 Å². The van der Waals surface area contributed by atoms with Gasteiger partial charge in [0, 0.05) is 5.56 Å². The summed E-state index contributed by atoms with van der Waals surface area (Å²) in [4.78, 5) is 10.7. The molecule has 26 heavy (non-hydrogen) atoms. The molecule has 0 fully saturated rings. The second-order valence-electron chi connectivity index (χ2n) is 5.10. The molecule has 0 aliphatic rings. The first-order valence-corrected chi connectivity index (χ1v) is 8.01. The Morgan fingerprint density at radius 2 is 2.08 bits per heavy atom. The Balaban J connectivity index is 2.48. The third kappa shape index (κ3) is 4.74. The van der Waals surface area contributed by atoms with Gasteiger partial charge in [-0.1, -0.05) is 29.8 Å². The Kier molecular flexibility index (Phi) is 6.59. The third-order valence-electron chi connectivity index (χ3n) is 3.27. The van der Waals surface area contributed by atoms with Gasteiger partial charge >= 0.3 is 5.97 Å². The van der Waals surface area contributed by atoms with E-state index in [2.05, 4.69) is 0 Å². The van der Waals surface area contributed by atoms with Crippen LogP contribution in [0, 0.1) is 17.1 Å². The summed E-state index contributed by atoms with van der Waals surface area (Å²) < 4.78 is 24.5. The zero-order valence-corrected chi connectivity index (χ0v) is 14.6. The number of carboxylic acids is 1. The molecule has 0 unspecified atom stereocenters. The Morgan fingerprint density at radius 1 is 1.35 bits per heavy atom. The van der Waals surface area contributed by atoms with Gasteiger partial charge in [0.1, 0.15) is 5.82 Å². The fourth-order valence-corrected chi connectivity index (χ4v) is 2.50. The van der Waals surface area contributed by atoms with E-state index in [9.17, 15) is 14.4 Å². The maximum Gasteiger partial charge on any atom is 0.341 e. The fraction of sp³-hybridized carbons (Fsp3) is 0.158. The van der Waals surface area contributed by atoms with Gasteiger partial charge in [0.15, 0.2) is 18.1 Å². The van der Waals surface area contributed by atoms with Crippen LogP contribution < -0.4 is 9.47 Å². The number of nitrogens with zero attached hydrogens (tertiary/aromatic N) is 1. The third-order valence-corrected chi connectivity index (χ3v) is 3.55. The number of hydrogen-bond acceptors (Lipinski definition) is 4. The van der Waals surface area contributed by atoms with Crippen molar-refractivity contribution in [3.8, 4) is 17.6 Å². The van der Waals surface area contributed by atoms with Crippen molar-refractivity contribution >= 4 is 29.2 Å². The molecule has 0 aromatic heterocycles. The Labute approximate surface area is 154 Å². The predicted molar refractivity (Wildman–Crippen MR) is 95.6 cm³/mol. The van der Waals surface area contributed by atoms with Crippen molar-refractivity contribution in [1.29, 1.82) is 5.26 Å². The molecular weight excluding hydrogens is 361 g/mol. The summed E-state index contributed by atoms with van der Waals surface area (Å²) >= 11 is 6.17. The summed E-state index contributed by atoms with van der Waals surface area (Å²) in [5.41, 5.74) is 0.761. The molecule has 2 aromatic rings. The van der Waals surface area contributed by atoms with Gasteiger partial charge in [-0.05, 0) is 36.8 Å². The van der Waals surface area contributed by atoms with Crippen molar-refractivity contribution in [2.24, 2.45) is 0 Å². The first-order chi connectivity index (χ1) is 12.5. The molecule has 0 bridgehead atoms. The van der Waals surface area contributed by atoms with E-state index in [0.29, 0.717) is 12.2 Å². The molecule has 5 nitrogen and oxygen atoms in total. The molecule has 0 atom stereocenters. The lowest BCUT2D eigenvalue weighted by Gasteiger charge is -2.13.